The first-order chi connectivity index (χ1) is 9.69. The summed E-state index contributed by atoms with van der Waals surface area (Å²) in [6.45, 7) is 2.11. The molecule has 0 aliphatic rings. The number of aryl methyl sites for hydroxylation is 1. The minimum absolute atomic E-state index is 0.147. The Labute approximate surface area is 118 Å². The molecule has 0 aliphatic heterocycles. The van der Waals surface area contributed by atoms with Gasteiger partial charge in [-0.3, -0.25) is 4.79 Å². The van der Waals surface area contributed by atoms with Gasteiger partial charge in [-0.15, -0.1) is 0 Å². The number of methoxy groups -OCH3 is 1. The highest BCUT2D eigenvalue weighted by atomic mass is 16.5. The summed E-state index contributed by atoms with van der Waals surface area (Å²) in [5.74, 6) is 1.15. The Morgan fingerprint density at radius 1 is 1.25 bits per heavy atom. The van der Waals surface area contributed by atoms with E-state index in [4.69, 9.17) is 4.74 Å². The molecular weight excluding hydrogens is 254 g/mol. The summed E-state index contributed by atoms with van der Waals surface area (Å²) in [4.78, 5) is 16.0. The van der Waals surface area contributed by atoms with E-state index in [1.807, 2.05) is 31.2 Å². The van der Waals surface area contributed by atoms with Crippen molar-refractivity contribution in [2.45, 2.75) is 6.92 Å². The summed E-state index contributed by atoms with van der Waals surface area (Å²) in [5, 5.41) is 5.75. The lowest BCUT2D eigenvalue weighted by Gasteiger charge is -2.10. The average Bonchev–Trinajstić information content (AvgIpc) is 2.47. The second-order valence-electron chi connectivity index (χ2n) is 4.32. The largest absolute Gasteiger partial charge is 0.495 e. The molecule has 0 saturated carbocycles. The molecule has 0 unspecified atom stereocenters. The monoisotopic (exact) mass is 271 g/mol. The van der Waals surface area contributed by atoms with Crippen LogP contribution in [-0.2, 0) is 4.79 Å². The second kappa shape index (κ2) is 6.56. The van der Waals surface area contributed by atoms with Gasteiger partial charge in [-0.05, 0) is 30.7 Å². The second-order valence-corrected chi connectivity index (χ2v) is 4.32. The lowest BCUT2D eigenvalue weighted by molar-refractivity contribution is -0.114. The number of hydrogen-bond acceptors (Lipinski definition) is 4. The Kier molecular flexibility index (Phi) is 4.55. The Morgan fingerprint density at radius 2 is 2.05 bits per heavy atom. The molecule has 2 rings (SSSR count). The lowest BCUT2D eigenvalue weighted by Crippen LogP contribution is -2.22. The number of carbonyl (C=O) groups excluding carboxylic acids is 1. The molecule has 1 heterocycles. The molecule has 20 heavy (non-hydrogen) atoms. The van der Waals surface area contributed by atoms with Gasteiger partial charge in [0.05, 0.1) is 19.3 Å². The quantitative estimate of drug-likeness (QED) is 0.876. The molecule has 0 spiro atoms. The van der Waals surface area contributed by atoms with E-state index >= 15 is 0 Å². The van der Waals surface area contributed by atoms with Gasteiger partial charge in [-0.25, -0.2) is 4.98 Å². The molecule has 0 bridgehead atoms. The first-order valence-corrected chi connectivity index (χ1v) is 6.28. The van der Waals surface area contributed by atoms with E-state index in [0.29, 0.717) is 17.3 Å². The maximum absolute atomic E-state index is 11.9. The average molecular weight is 271 g/mol. The van der Waals surface area contributed by atoms with Gasteiger partial charge in [0.2, 0.25) is 5.91 Å². The zero-order valence-corrected chi connectivity index (χ0v) is 11.5. The predicted octanol–water partition coefficient (Wildman–Crippen LogP) is 2.45. The highest BCUT2D eigenvalue weighted by Crippen LogP contribution is 2.22. The Morgan fingerprint density at radius 3 is 2.75 bits per heavy atom. The van der Waals surface area contributed by atoms with Gasteiger partial charge >= 0.3 is 0 Å². The lowest BCUT2D eigenvalue weighted by atomic mass is 10.3. The molecule has 0 aliphatic carbocycles. The fourth-order valence-corrected chi connectivity index (χ4v) is 1.69. The van der Waals surface area contributed by atoms with Gasteiger partial charge in [-0.1, -0.05) is 18.2 Å². The van der Waals surface area contributed by atoms with Gasteiger partial charge in [0.1, 0.15) is 11.6 Å². The summed E-state index contributed by atoms with van der Waals surface area (Å²) in [7, 11) is 1.57. The molecule has 2 N–H and O–H groups in total. The van der Waals surface area contributed by atoms with E-state index in [9.17, 15) is 4.79 Å². The fraction of sp³-hybridized carbons (Fsp3) is 0.200. The minimum atomic E-state index is -0.156. The van der Waals surface area contributed by atoms with Gasteiger partial charge in [0, 0.05) is 6.20 Å². The number of amides is 1. The number of carbonyl (C=O) groups is 1. The number of ether oxygens (including phenoxy) is 1. The Balaban J connectivity index is 1.91. The van der Waals surface area contributed by atoms with Crippen LogP contribution < -0.4 is 15.4 Å². The molecule has 0 radical (unpaired) electrons. The molecule has 0 atom stereocenters. The van der Waals surface area contributed by atoms with Crippen LogP contribution in [0.5, 0.6) is 5.75 Å². The Hall–Kier alpha value is -2.56. The highest BCUT2D eigenvalue weighted by molar-refractivity contribution is 5.94. The van der Waals surface area contributed by atoms with Crippen LogP contribution >= 0.6 is 0 Å². The normalized spacial score (nSPS) is 9.90. The first kappa shape index (κ1) is 13.9. The third kappa shape index (κ3) is 3.71. The molecular formula is C15H17N3O2. The molecule has 0 saturated heterocycles. The third-order valence-corrected chi connectivity index (χ3v) is 2.72. The van der Waals surface area contributed by atoms with E-state index < -0.39 is 0 Å². The topological polar surface area (TPSA) is 63.2 Å². The number of pyridine rings is 1. The highest BCUT2D eigenvalue weighted by Gasteiger charge is 2.06. The van der Waals surface area contributed by atoms with Gasteiger partial charge in [0.15, 0.2) is 0 Å². The number of benzene rings is 1. The maximum atomic E-state index is 11.9. The molecule has 2 aromatic rings. The summed E-state index contributed by atoms with van der Waals surface area (Å²) in [6, 6.07) is 11.1. The zero-order chi connectivity index (χ0) is 14.4. The minimum Gasteiger partial charge on any atom is -0.495 e. The third-order valence-electron chi connectivity index (χ3n) is 2.72. The number of aromatic nitrogens is 1. The molecule has 104 valence electrons. The standard InChI is InChI=1S/C15H17N3O2/c1-11-7-8-14(16-9-11)17-10-15(19)18-12-5-3-4-6-13(12)20-2/h3-9H,10H2,1-2H3,(H,16,17)(H,18,19). The van der Waals surface area contributed by atoms with E-state index in [1.54, 1.807) is 25.4 Å². The molecule has 0 fully saturated rings. The van der Waals surface area contributed by atoms with Crippen molar-refractivity contribution in [1.29, 1.82) is 0 Å². The number of hydrogen-bond donors (Lipinski definition) is 2. The van der Waals surface area contributed by atoms with Gasteiger partial charge in [-0.2, -0.15) is 0 Å². The van der Waals surface area contributed by atoms with E-state index in [1.165, 1.54) is 0 Å². The predicted molar refractivity (Wildman–Crippen MR) is 79.1 cm³/mol. The van der Waals surface area contributed by atoms with Crippen LogP contribution in [0.15, 0.2) is 42.6 Å². The van der Waals surface area contributed by atoms with E-state index in [2.05, 4.69) is 15.6 Å². The van der Waals surface area contributed by atoms with Crippen LogP contribution in [0.3, 0.4) is 0 Å². The fourth-order valence-electron chi connectivity index (χ4n) is 1.69. The summed E-state index contributed by atoms with van der Waals surface area (Å²) >= 11 is 0. The number of para-hydroxylation sites is 2. The van der Waals surface area contributed by atoms with Crippen LogP contribution in [-0.4, -0.2) is 24.5 Å². The van der Waals surface area contributed by atoms with Gasteiger partial charge in [0.25, 0.3) is 0 Å². The van der Waals surface area contributed by atoms with Crippen LogP contribution in [0, 0.1) is 6.92 Å². The first-order valence-electron chi connectivity index (χ1n) is 6.28. The van der Waals surface area contributed by atoms with E-state index in [0.717, 1.165) is 5.56 Å². The number of nitrogens with one attached hydrogen (secondary N) is 2. The van der Waals surface area contributed by atoms with Crippen molar-refractivity contribution in [2.24, 2.45) is 0 Å². The molecule has 5 nitrogen and oxygen atoms in total. The maximum Gasteiger partial charge on any atom is 0.243 e. The van der Waals surface area contributed by atoms with E-state index in [-0.39, 0.29) is 12.5 Å². The molecule has 1 aromatic heterocycles. The SMILES string of the molecule is COc1ccccc1NC(=O)CNc1ccc(C)cn1. The number of nitrogens with zero attached hydrogens (tertiary/aromatic N) is 1. The molecule has 1 amide bonds. The molecule has 5 heteroatoms. The molecule has 1 aromatic carbocycles. The van der Waals surface area contributed by atoms with Crippen molar-refractivity contribution in [3.63, 3.8) is 0 Å². The Bertz CT molecular complexity index is 582. The van der Waals surface area contributed by atoms with Crippen LogP contribution in [0.25, 0.3) is 0 Å². The number of anilines is 2. The summed E-state index contributed by atoms with van der Waals surface area (Å²) < 4.78 is 5.17. The van der Waals surface area contributed by atoms with Crippen LogP contribution in [0.1, 0.15) is 5.56 Å². The van der Waals surface area contributed by atoms with Crippen LogP contribution in [0.2, 0.25) is 0 Å². The van der Waals surface area contributed by atoms with Crippen molar-refractivity contribution < 1.29 is 9.53 Å². The van der Waals surface area contributed by atoms with Gasteiger partial charge < -0.3 is 15.4 Å². The van der Waals surface area contributed by atoms with Crippen molar-refractivity contribution in [3.8, 4) is 5.75 Å². The van der Waals surface area contributed by atoms with Crippen molar-refractivity contribution in [1.82, 2.24) is 4.98 Å². The van der Waals surface area contributed by atoms with Crippen LogP contribution in [0.4, 0.5) is 11.5 Å². The van der Waals surface area contributed by atoms with Crippen molar-refractivity contribution >= 4 is 17.4 Å². The smallest absolute Gasteiger partial charge is 0.243 e. The van der Waals surface area contributed by atoms with Crippen molar-refractivity contribution in [3.05, 3.63) is 48.2 Å². The van der Waals surface area contributed by atoms with Crippen molar-refractivity contribution in [2.75, 3.05) is 24.3 Å². The zero-order valence-electron chi connectivity index (χ0n) is 11.5. The summed E-state index contributed by atoms with van der Waals surface area (Å²) in [6.07, 6.45) is 1.75. The number of rotatable bonds is 5. The summed E-state index contributed by atoms with van der Waals surface area (Å²) in [5.41, 5.74) is 1.73.